The molecule has 0 bridgehead atoms. The normalized spacial score (nSPS) is 16.1. The predicted molar refractivity (Wildman–Crippen MR) is 94.0 cm³/mol. The summed E-state index contributed by atoms with van der Waals surface area (Å²) in [5.74, 6) is 0.849. The molecule has 0 aliphatic heterocycles. The van der Waals surface area contributed by atoms with Gasteiger partial charge in [-0.1, -0.05) is 22.4 Å². The lowest BCUT2D eigenvalue weighted by Gasteiger charge is -2.13. The third kappa shape index (κ3) is 3.30. The highest BCUT2D eigenvalue weighted by Crippen LogP contribution is 2.41. The number of methoxy groups -OCH3 is 1. The van der Waals surface area contributed by atoms with Gasteiger partial charge in [0.15, 0.2) is 0 Å². The molecule has 1 heterocycles. The van der Waals surface area contributed by atoms with Crippen molar-refractivity contribution in [2.75, 3.05) is 7.11 Å². The van der Waals surface area contributed by atoms with Crippen LogP contribution in [0, 0.1) is 0 Å². The van der Waals surface area contributed by atoms with Crippen molar-refractivity contribution in [2.45, 2.75) is 37.5 Å². The molecule has 1 unspecified atom stereocenters. The first-order valence-electron chi connectivity index (χ1n) is 7.28. The van der Waals surface area contributed by atoms with E-state index in [9.17, 15) is 0 Å². The number of halogens is 2. The van der Waals surface area contributed by atoms with Crippen LogP contribution < -0.4 is 4.74 Å². The molecule has 2 aromatic rings. The highest BCUT2D eigenvalue weighted by molar-refractivity contribution is 9.10. The smallest absolute Gasteiger partial charge is 0.124 e. The van der Waals surface area contributed by atoms with Crippen molar-refractivity contribution in [3.8, 4) is 5.75 Å². The Morgan fingerprint density at radius 2 is 2.00 bits per heavy atom. The lowest BCUT2D eigenvalue weighted by atomic mass is 10.1. The Morgan fingerprint density at radius 3 is 2.81 bits per heavy atom. The summed E-state index contributed by atoms with van der Waals surface area (Å²) < 4.78 is 6.49. The van der Waals surface area contributed by atoms with E-state index in [1.807, 2.05) is 23.5 Å². The topological polar surface area (TPSA) is 9.23 Å². The summed E-state index contributed by atoms with van der Waals surface area (Å²) in [6, 6.07) is 8.31. The van der Waals surface area contributed by atoms with Gasteiger partial charge in [-0.15, -0.1) is 22.9 Å². The summed E-state index contributed by atoms with van der Waals surface area (Å²) in [5.41, 5.74) is 2.54. The quantitative estimate of drug-likeness (QED) is 0.457. The Bertz CT molecular complexity index is 614. The second-order valence-electron chi connectivity index (χ2n) is 5.41. The third-order valence-corrected chi connectivity index (χ3v) is 6.38. The molecule has 0 amide bonds. The molecule has 1 aromatic carbocycles. The fourth-order valence-electron chi connectivity index (χ4n) is 2.87. The summed E-state index contributed by atoms with van der Waals surface area (Å²) in [7, 11) is 1.69. The van der Waals surface area contributed by atoms with Crippen LogP contribution in [0.1, 0.15) is 45.5 Å². The Kier molecular flexibility index (Phi) is 4.92. The van der Waals surface area contributed by atoms with Gasteiger partial charge in [-0.25, -0.2) is 0 Å². The number of hydrogen-bond donors (Lipinski definition) is 0. The largest absolute Gasteiger partial charge is 0.496 e. The van der Waals surface area contributed by atoms with Crippen LogP contribution in [-0.2, 0) is 12.8 Å². The number of hydrogen-bond acceptors (Lipinski definition) is 2. The van der Waals surface area contributed by atoms with Crippen LogP contribution in [-0.4, -0.2) is 7.11 Å². The molecule has 4 heteroatoms. The van der Waals surface area contributed by atoms with Gasteiger partial charge >= 0.3 is 0 Å². The number of rotatable bonds is 3. The maximum absolute atomic E-state index is 6.76. The number of benzene rings is 1. The molecule has 21 heavy (non-hydrogen) atoms. The fraction of sp³-hybridized carbons (Fsp3) is 0.412. The standard InChI is InChI=1S/C17H18BrClOS/c1-20-14-8-7-12(18)10-13(14)17(19)16-9-11-5-3-2-4-6-15(11)21-16/h7-10,17H,2-6H2,1H3. The molecular weight excluding hydrogens is 368 g/mol. The summed E-state index contributed by atoms with van der Waals surface area (Å²) in [5, 5.41) is -0.144. The van der Waals surface area contributed by atoms with Crippen molar-refractivity contribution in [3.05, 3.63) is 49.6 Å². The molecule has 0 spiro atoms. The molecule has 0 radical (unpaired) electrons. The van der Waals surface area contributed by atoms with E-state index in [1.54, 1.807) is 7.11 Å². The van der Waals surface area contributed by atoms with Gasteiger partial charge in [-0.05, 0) is 55.5 Å². The highest BCUT2D eigenvalue weighted by Gasteiger charge is 2.21. The molecule has 1 aliphatic rings. The molecule has 1 aliphatic carbocycles. The molecule has 1 aromatic heterocycles. The third-order valence-electron chi connectivity index (χ3n) is 3.98. The van der Waals surface area contributed by atoms with Gasteiger partial charge in [0.1, 0.15) is 5.75 Å². The van der Waals surface area contributed by atoms with Gasteiger partial charge in [0.05, 0.1) is 12.5 Å². The van der Waals surface area contributed by atoms with Gasteiger partial charge in [-0.3, -0.25) is 0 Å². The lowest BCUT2D eigenvalue weighted by Crippen LogP contribution is -1.96. The number of ether oxygens (including phenoxy) is 1. The number of aryl methyl sites for hydroxylation is 2. The molecule has 1 nitrogen and oxygen atoms in total. The average molecular weight is 386 g/mol. The van der Waals surface area contributed by atoms with E-state index in [0.717, 1.165) is 15.8 Å². The summed E-state index contributed by atoms with van der Waals surface area (Å²) >= 11 is 12.2. The van der Waals surface area contributed by atoms with Crippen molar-refractivity contribution in [2.24, 2.45) is 0 Å². The zero-order chi connectivity index (χ0) is 14.8. The monoisotopic (exact) mass is 384 g/mol. The molecular formula is C17H18BrClOS. The number of fused-ring (bicyclic) bond motifs is 1. The minimum atomic E-state index is -0.144. The predicted octanol–water partition coefficient (Wildman–Crippen LogP) is 6.12. The van der Waals surface area contributed by atoms with Gasteiger partial charge in [0.25, 0.3) is 0 Å². The van der Waals surface area contributed by atoms with E-state index >= 15 is 0 Å². The van der Waals surface area contributed by atoms with E-state index < -0.39 is 0 Å². The van der Waals surface area contributed by atoms with Gasteiger partial charge in [0, 0.05) is 19.8 Å². The zero-order valence-corrected chi connectivity index (χ0v) is 15.2. The van der Waals surface area contributed by atoms with Crippen LogP contribution in [0.4, 0.5) is 0 Å². The highest BCUT2D eigenvalue weighted by atomic mass is 79.9. The first kappa shape index (κ1) is 15.4. The van der Waals surface area contributed by atoms with Crippen molar-refractivity contribution in [1.29, 1.82) is 0 Å². The SMILES string of the molecule is COc1ccc(Br)cc1C(Cl)c1cc2c(s1)CCCCC2. The molecule has 0 saturated heterocycles. The van der Waals surface area contributed by atoms with Crippen molar-refractivity contribution in [1.82, 2.24) is 0 Å². The maximum Gasteiger partial charge on any atom is 0.124 e. The first-order chi connectivity index (χ1) is 10.2. The molecule has 3 rings (SSSR count). The van der Waals surface area contributed by atoms with E-state index in [0.29, 0.717) is 0 Å². The van der Waals surface area contributed by atoms with E-state index in [4.69, 9.17) is 16.3 Å². The molecule has 0 fully saturated rings. The number of thiophene rings is 1. The molecule has 112 valence electrons. The van der Waals surface area contributed by atoms with Crippen LogP contribution in [0.15, 0.2) is 28.7 Å². The van der Waals surface area contributed by atoms with Crippen LogP contribution in [0.5, 0.6) is 5.75 Å². The number of alkyl halides is 1. The van der Waals surface area contributed by atoms with Gasteiger partial charge in [0.2, 0.25) is 0 Å². The van der Waals surface area contributed by atoms with Crippen LogP contribution >= 0.6 is 38.9 Å². The first-order valence-corrected chi connectivity index (χ1v) is 9.32. The molecule has 0 saturated carbocycles. The minimum Gasteiger partial charge on any atom is -0.496 e. The van der Waals surface area contributed by atoms with E-state index in [-0.39, 0.29) is 5.38 Å². The Hall–Kier alpha value is -0.510. The van der Waals surface area contributed by atoms with Crippen LogP contribution in [0.3, 0.4) is 0 Å². The lowest BCUT2D eigenvalue weighted by molar-refractivity contribution is 0.410. The van der Waals surface area contributed by atoms with Crippen LogP contribution in [0.2, 0.25) is 0 Å². The molecule has 1 atom stereocenters. The van der Waals surface area contributed by atoms with Crippen molar-refractivity contribution in [3.63, 3.8) is 0 Å². The average Bonchev–Trinajstić information content (AvgIpc) is 2.77. The van der Waals surface area contributed by atoms with Gasteiger partial charge in [-0.2, -0.15) is 0 Å². The Balaban J connectivity index is 1.95. The second-order valence-corrected chi connectivity index (χ2v) is 7.93. The summed E-state index contributed by atoms with van der Waals surface area (Å²) in [4.78, 5) is 2.77. The maximum atomic E-state index is 6.76. The second kappa shape index (κ2) is 6.72. The van der Waals surface area contributed by atoms with E-state index in [1.165, 1.54) is 47.4 Å². The molecule has 0 N–H and O–H groups in total. The summed E-state index contributed by atoms with van der Waals surface area (Å²) in [6.45, 7) is 0. The van der Waals surface area contributed by atoms with Crippen molar-refractivity contribution >= 4 is 38.9 Å². The van der Waals surface area contributed by atoms with Gasteiger partial charge < -0.3 is 4.74 Å². The van der Waals surface area contributed by atoms with Crippen molar-refractivity contribution < 1.29 is 4.74 Å². The Labute approximate surface area is 143 Å². The minimum absolute atomic E-state index is 0.144. The summed E-state index contributed by atoms with van der Waals surface area (Å²) in [6.07, 6.45) is 6.36. The zero-order valence-electron chi connectivity index (χ0n) is 12.0. The van der Waals surface area contributed by atoms with E-state index in [2.05, 4.69) is 28.1 Å². The van der Waals surface area contributed by atoms with Crippen LogP contribution in [0.25, 0.3) is 0 Å². The Morgan fingerprint density at radius 1 is 1.19 bits per heavy atom. The fourth-order valence-corrected chi connectivity index (χ4v) is 4.87.